The van der Waals surface area contributed by atoms with E-state index in [1.54, 1.807) is 99.3 Å². The Bertz CT molecular complexity index is 1330. The maximum Gasteiger partial charge on any atom is 4.00 e. The van der Waals surface area contributed by atoms with Gasteiger partial charge in [0.2, 0.25) is 0 Å². The van der Waals surface area contributed by atoms with E-state index in [2.05, 4.69) is 61.6 Å². The number of benzene rings is 2. The van der Waals surface area contributed by atoms with Gasteiger partial charge in [-0.2, -0.15) is 0 Å². The number of hydrogen-bond acceptors (Lipinski definition) is 0. The van der Waals surface area contributed by atoms with E-state index in [1.807, 2.05) is 0 Å². The second-order valence-corrected chi connectivity index (χ2v) is 25.9. The third-order valence-electron chi connectivity index (χ3n) is 18.2. The van der Waals surface area contributed by atoms with E-state index in [1.165, 1.54) is 100.0 Å². The summed E-state index contributed by atoms with van der Waals surface area (Å²) in [6.07, 6.45) is 36.7. The van der Waals surface area contributed by atoms with Crippen LogP contribution in [-0.4, -0.2) is 8.07 Å². The van der Waals surface area contributed by atoms with Crippen LogP contribution in [-0.2, 0) is 52.0 Å². The molecule has 3 heteroatoms. The maximum atomic E-state index is 2.83. The van der Waals surface area contributed by atoms with Crippen molar-refractivity contribution >= 4 is 8.07 Å². The van der Waals surface area contributed by atoms with E-state index < -0.39 is 8.07 Å². The van der Waals surface area contributed by atoms with Gasteiger partial charge in [0.05, 0.1) is 8.07 Å². The first-order valence-corrected chi connectivity index (χ1v) is 26.4. The van der Waals surface area contributed by atoms with Gasteiger partial charge in [0.1, 0.15) is 0 Å². The summed E-state index contributed by atoms with van der Waals surface area (Å²) < 4.78 is 0. The number of fused-ring (bicyclic) bond motifs is 4. The first-order chi connectivity index (χ1) is 25.0. The van der Waals surface area contributed by atoms with Crippen LogP contribution in [0.1, 0.15) is 177 Å². The van der Waals surface area contributed by atoms with Crippen molar-refractivity contribution in [2.75, 3.05) is 0 Å². The molecule has 8 saturated carbocycles. The van der Waals surface area contributed by atoms with Crippen molar-refractivity contribution in [1.29, 1.82) is 0 Å². The summed E-state index contributed by atoms with van der Waals surface area (Å²) in [5, 5.41) is 0. The van der Waals surface area contributed by atoms with Crippen molar-refractivity contribution in [3.05, 3.63) is 119 Å². The fourth-order valence-electron chi connectivity index (χ4n) is 15.8. The largest absolute Gasteiger partial charge is 4.00 e. The minimum Gasteiger partial charge on any atom is -0.358 e. The summed E-state index contributed by atoms with van der Waals surface area (Å²) in [6, 6.07) is 19.0. The van der Waals surface area contributed by atoms with Crippen LogP contribution in [0.2, 0.25) is 24.2 Å². The van der Waals surface area contributed by atoms with E-state index in [4.69, 9.17) is 0 Å². The zero-order valence-corrected chi connectivity index (χ0v) is 49.1. The Balaban J connectivity index is 0. The molecule has 8 aliphatic carbocycles. The zero-order chi connectivity index (χ0) is 34.4. The Morgan fingerprint density at radius 3 is 0.967 bits per heavy atom. The molecule has 0 nitrogen and oxygen atoms in total. The maximum absolute atomic E-state index is 2.83. The molecule has 2 aromatic rings. The molecule has 8 fully saturated rings. The zero-order valence-electron chi connectivity index (χ0n) is 42.0. The van der Waals surface area contributed by atoms with Crippen LogP contribution in [0.15, 0.2) is 48.5 Å². The van der Waals surface area contributed by atoms with Crippen molar-refractivity contribution in [3.8, 4) is 11.1 Å². The molecule has 0 aliphatic heterocycles. The summed E-state index contributed by atoms with van der Waals surface area (Å²) in [5.74, 6) is 10.2. The van der Waals surface area contributed by atoms with E-state index in [0.717, 1.165) is 47.3 Å². The number of hydrogen-bond donors (Lipinski definition) is 0. The third-order valence-corrected chi connectivity index (χ3v) is 23.4. The van der Waals surface area contributed by atoms with Crippen molar-refractivity contribution < 1.29 is 52.0 Å². The van der Waals surface area contributed by atoms with Gasteiger partial charge in [-0.3, -0.25) is 0 Å². The molecule has 0 spiro atoms. The Morgan fingerprint density at radius 2 is 0.639 bits per heavy atom. The van der Waals surface area contributed by atoms with Crippen LogP contribution in [0.25, 0.3) is 11.1 Å². The molecule has 0 radical (unpaired) electrons. The smallest absolute Gasteiger partial charge is 0.358 e. The van der Waals surface area contributed by atoms with Crippen molar-refractivity contribution in [1.82, 2.24) is 0 Å². The van der Waals surface area contributed by atoms with Crippen LogP contribution in [0.4, 0.5) is 0 Å². The van der Waals surface area contributed by atoms with E-state index in [0.29, 0.717) is 0 Å². The van der Waals surface area contributed by atoms with Crippen LogP contribution < -0.4 is 0 Å². The molecule has 0 heterocycles. The molecular formula is C58H98HfSiZr. The summed E-state index contributed by atoms with van der Waals surface area (Å²) in [6.45, 7) is 5.66. The molecule has 0 saturated heterocycles. The molecule has 0 bridgehead atoms. The minimum atomic E-state index is -1.05. The topological polar surface area (TPSA) is 0 Å². The molecule has 2 aromatic carbocycles. The Kier molecular flexibility index (Phi) is 29.7. The molecule has 10 rings (SSSR count). The van der Waals surface area contributed by atoms with Gasteiger partial charge in [0.25, 0.3) is 0 Å². The van der Waals surface area contributed by atoms with Gasteiger partial charge in [-0.25, -0.2) is 0 Å². The predicted molar refractivity (Wildman–Crippen MR) is 272 cm³/mol. The molecule has 61 heavy (non-hydrogen) atoms. The minimum absolute atomic E-state index is 0. The Hall–Kier alpha value is 0.410. The van der Waals surface area contributed by atoms with Crippen LogP contribution in [0.3, 0.4) is 0 Å². The van der Waals surface area contributed by atoms with Gasteiger partial charge < -0.3 is 59.4 Å². The molecule has 0 N–H and O–H groups in total. The second kappa shape index (κ2) is 28.6. The van der Waals surface area contributed by atoms with E-state index in [-0.39, 0.29) is 111 Å². The third kappa shape index (κ3) is 13.3. The molecule has 342 valence electrons. The standard InChI is InChI=1S/C30H38.C20H36Si.8CH3.Hf.Zr/c1-2-10-22-18-25(17-21(22)9-1)27-13-5-7-15-29(27)30-16-8-6-14-28(30)26-19-23-11-3-4-12-24(23)20-26;1-21(2,19-13-11-15-7-3-5-9-17(15)19)20-14-12-16-8-4-6-10-18(16)20;;;;;;;;;;/h5-8,13-16,21-26H,1-4,9-12,17-20H2;15-20H,3-14H2,1-2H3;8*1H3;;/q;;8*-1;2*+4. The molecule has 0 aromatic heterocycles. The molecule has 0 amide bonds. The number of rotatable bonds is 5. The summed E-state index contributed by atoms with van der Waals surface area (Å²) in [4.78, 5) is 0. The molecular weight excluding hydrogens is 994 g/mol. The van der Waals surface area contributed by atoms with Crippen LogP contribution in [0.5, 0.6) is 0 Å². The van der Waals surface area contributed by atoms with E-state index in [9.17, 15) is 0 Å². The average molecular weight is 1090 g/mol. The monoisotopic (exact) mass is 1090 g/mol. The van der Waals surface area contributed by atoms with Gasteiger partial charge in [-0.05, 0) is 118 Å². The van der Waals surface area contributed by atoms with Gasteiger partial charge in [0, 0.05) is 0 Å². The fourth-order valence-corrected chi connectivity index (χ4v) is 21.2. The molecule has 8 aliphatic rings. The Morgan fingerprint density at radius 1 is 0.361 bits per heavy atom. The summed E-state index contributed by atoms with van der Waals surface area (Å²) in [7, 11) is -1.05. The van der Waals surface area contributed by atoms with E-state index >= 15 is 0 Å². The quantitative estimate of drug-likeness (QED) is 0.207. The molecule has 10 atom stereocenters. The normalized spacial score (nSPS) is 33.8. The van der Waals surface area contributed by atoms with Crippen LogP contribution >= 0.6 is 0 Å². The second-order valence-electron chi connectivity index (χ2n) is 20.7. The van der Waals surface area contributed by atoms with Crippen LogP contribution in [0, 0.1) is 107 Å². The summed E-state index contributed by atoms with van der Waals surface area (Å²) in [5.41, 5.74) is 8.85. The average Bonchev–Trinajstić information content (AvgIpc) is 3.99. The van der Waals surface area contributed by atoms with Gasteiger partial charge >= 0.3 is 52.0 Å². The Labute approximate surface area is 424 Å². The van der Waals surface area contributed by atoms with Gasteiger partial charge in [-0.1, -0.05) is 190 Å². The summed E-state index contributed by atoms with van der Waals surface area (Å²) >= 11 is 0. The van der Waals surface area contributed by atoms with Gasteiger partial charge in [-0.15, -0.1) is 0 Å². The fraction of sp³-hybridized carbons (Fsp3) is 0.655. The SMILES string of the molecule is C[Si](C)(C1CCC2CCCCC21)C1CCC2CCCCC21.[CH3-].[CH3-].[CH3-].[CH3-].[CH3-].[CH3-].[CH3-].[CH3-].[Hf+4].[Zr+4].c1ccc(C2CC3CCCCC3C2)c(-c2ccccc2C2CC3CCCCC3C2)c1. The van der Waals surface area contributed by atoms with Crippen molar-refractivity contribution in [2.45, 2.75) is 190 Å². The first-order valence-electron chi connectivity index (χ1n) is 23.2. The predicted octanol–water partition coefficient (Wildman–Crippen LogP) is 19.0. The van der Waals surface area contributed by atoms with Crippen molar-refractivity contribution in [2.24, 2.45) is 47.3 Å². The van der Waals surface area contributed by atoms with Gasteiger partial charge in [0.15, 0.2) is 0 Å². The molecule has 10 unspecified atom stereocenters. The van der Waals surface area contributed by atoms with Crippen molar-refractivity contribution in [3.63, 3.8) is 0 Å². The first kappa shape index (κ1) is 63.5.